The maximum Gasteiger partial charge on any atom is 0.249 e. The van der Waals surface area contributed by atoms with Crippen LogP contribution in [0.15, 0.2) is 9.30 Å². The molecule has 4 nitrogen and oxygen atoms in total. The van der Waals surface area contributed by atoms with E-state index < -0.39 is 0 Å². The lowest BCUT2D eigenvalue weighted by Gasteiger charge is -2.25. The number of nitrogens with zero attached hydrogens (tertiary/aromatic N) is 2. The van der Waals surface area contributed by atoms with Gasteiger partial charge in [-0.3, -0.25) is 4.79 Å². The standard InChI is InChI=1S/C8H9BrN2O2S/c9-8-10-6(5-14-8)3-11-1-2-13-4-7(11)12/h5H,1-4H2. The Hall–Kier alpha value is -0.460. The van der Waals surface area contributed by atoms with Crippen LogP contribution < -0.4 is 0 Å². The summed E-state index contributed by atoms with van der Waals surface area (Å²) < 4.78 is 5.89. The maximum absolute atomic E-state index is 11.4. The largest absolute Gasteiger partial charge is 0.370 e. The van der Waals surface area contributed by atoms with Crippen molar-refractivity contribution in [2.45, 2.75) is 6.54 Å². The summed E-state index contributed by atoms with van der Waals surface area (Å²) in [5.41, 5.74) is 0.928. The van der Waals surface area contributed by atoms with E-state index in [-0.39, 0.29) is 12.5 Å². The summed E-state index contributed by atoms with van der Waals surface area (Å²) in [7, 11) is 0. The minimum atomic E-state index is 0.0420. The van der Waals surface area contributed by atoms with Crippen LogP contribution in [0.2, 0.25) is 0 Å². The SMILES string of the molecule is O=C1COCCN1Cc1csc(Br)n1. The molecule has 0 radical (unpaired) electrons. The van der Waals surface area contributed by atoms with Crippen molar-refractivity contribution >= 4 is 33.2 Å². The van der Waals surface area contributed by atoms with Gasteiger partial charge in [0.1, 0.15) is 6.61 Å². The van der Waals surface area contributed by atoms with Crippen molar-refractivity contribution < 1.29 is 9.53 Å². The maximum atomic E-state index is 11.4. The molecule has 0 unspecified atom stereocenters. The van der Waals surface area contributed by atoms with Gasteiger partial charge in [-0.2, -0.15) is 0 Å². The van der Waals surface area contributed by atoms with E-state index in [4.69, 9.17) is 4.74 Å². The smallest absolute Gasteiger partial charge is 0.249 e. The number of carbonyl (C=O) groups excluding carboxylic acids is 1. The molecule has 0 atom stereocenters. The van der Waals surface area contributed by atoms with Crippen LogP contribution in [0.4, 0.5) is 0 Å². The summed E-state index contributed by atoms with van der Waals surface area (Å²) in [5.74, 6) is 0.0420. The van der Waals surface area contributed by atoms with Gasteiger partial charge in [0.15, 0.2) is 3.92 Å². The first-order valence-electron chi connectivity index (χ1n) is 4.21. The normalized spacial score (nSPS) is 17.5. The molecule has 0 aromatic carbocycles. The zero-order valence-corrected chi connectivity index (χ0v) is 9.81. The van der Waals surface area contributed by atoms with Crippen molar-refractivity contribution in [1.29, 1.82) is 0 Å². The van der Waals surface area contributed by atoms with Gasteiger partial charge in [-0.05, 0) is 15.9 Å². The molecule has 1 fully saturated rings. The predicted molar refractivity (Wildman–Crippen MR) is 56.1 cm³/mol. The van der Waals surface area contributed by atoms with E-state index in [0.717, 1.165) is 9.61 Å². The first-order valence-corrected chi connectivity index (χ1v) is 5.88. The van der Waals surface area contributed by atoms with Gasteiger partial charge >= 0.3 is 0 Å². The molecular formula is C8H9BrN2O2S. The second-order valence-corrected chi connectivity index (χ2v) is 5.09. The summed E-state index contributed by atoms with van der Waals surface area (Å²) in [6.45, 7) is 2.07. The molecule has 76 valence electrons. The summed E-state index contributed by atoms with van der Waals surface area (Å²) >= 11 is 4.82. The molecule has 2 rings (SSSR count). The predicted octanol–water partition coefficient (Wildman–Crippen LogP) is 1.26. The topological polar surface area (TPSA) is 42.4 Å². The van der Waals surface area contributed by atoms with Gasteiger partial charge in [-0.15, -0.1) is 11.3 Å². The molecule has 1 aromatic rings. The van der Waals surface area contributed by atoms with E-state index in [1.165, 1.54) is 11.3 Å². The summed E-state index contributed by atoms with van der Waals surface area (Å²) in [5, 5.41) is 1.95. The van der Waals surface area contributed by atoms with Crippen LogP contribution >= 0.6 is 27.3 Å². The average Bonchev–Trinajstić information content (AvgIpc) is 2.56. The Kier molecular flexibility index (Phi) is 3.15. The highest BCUT2D eigenvalue weighted by molar-refractivity contribution is 9.11. The Labute approximate surface area is 94.0 Å². The van der Waals surface area contributed by atoms with Crippen molar-refractivity contribution in [2.75, 3.05) is 19.8 Å². The van der Waals surface area contributed by atoms with Crippen LogP contribution in [0.5, 0.6) is 0 Å². The molecule has 0 bridgehead atoms. The Morgan fingerprint density at radius 2 is 2.57 bits per heavy atom. The number of morpholine rings is 1. The lowest BCUT2D eigenvalue weighted by molar-refractivity contribution is -0.143. The van der Waals surface area contributed by atoms with E-state index in [2.05, 4.69) is 20.9 Å². The third-order valence-corrected chi connectivity index (χ3v) is 3.37. The minimum Gasteiger partial charge on any atom is -0.370 e. The van der Waals surface area contributed by atoms with E-state index >= 15 is 0 Å². The van der Waals surface area contributed by atoms with Gasteiger partial charge in [-0.25, -0.2) is 4.98 Å². The molecular weight excluding hydrogens is 268 g/mol. The number of carbonyl (C=O) groups is 1. The van der Waals surface area contributed by atoms with Crippen molar-refractivity contribution in [3.05, 3.63) is 15.0 Å². The molecule has 1 amide bonds. The monoisotopic (exact) mass is 276 g/mol. The number of hydrogen-bond donors (Lipinski definition) is 0. The number of thiazole rings is 1. The first kappa shape index (κ1) is 10.1. The molecule has 0 N–H and O–H groups in total. The Balaban J connectivity index is 1.99. The Morgan fingerprint density at radius 3 is 3.21 bits per heavy atom. The zero-order chi connectivity index (χ0) is 9.97. The van der Waals surface area contributed by atoms with Crippen LogP contribution in [0, 0.1) is 0 Å². The molecule has 1 aliphatic rings. The van der Waals surface area contributed by atoms with Crippen LogP contribution in [0.1, 0.15) is 5.69 Å². The molecule has 14 heavy (non-hydrogen) atoms. The van der Waals surface area contributed by atoms with Crippen LogP contribution in [-0.2, 0) is 16.1 Å². The van der Waals surface area contributed by atoms with Gasteiger partial charge in [0.05, 0.1) is 18.8 Å². The Bertz CT molecular complexity index is 342. The molecule has 0 aliphatic carbocycles. The summed E-state index contributed by atoms with van der Waals surface area (Å²) in [6.07, 6.45) is 0. The minimum absolute atomic E-state index is 0.0420. The fourth-order valence-corrected chi connectivity index (χ4v) is 2.31. The number of halogens is 1. The third kappa shape index (κ3) is 2.31. The molecule has 6 heteroatoms. The second-order valence-electron chi connectivity index (χ2n) is 2.96. The highest BCUT2D eigenvalue weighted by Gasteiger charge is 2.19. The number of ether oxygens (including phenoxy) is 1. The Morgan fingerprint density at radius 1 is 1.71 bits per heavy atom. The van der Waals surface area contributed by atoms with E-state index in [1.54, 1.807) is 4.90 Å². The molecule has 1 aliphatic heterocycles. The number of rotatable bonds is 2. The quantitative estimate of drug-likeness (QED) is 0.817. The summed E-state index contributed by atoms with van der Waals surface area (Å²) in [4.78, 5) is 17.4. The lowest BCUT2D eigenvalue weighted by Crippen LogP contribution is -2.40. The van der Waals surface area contributed by atoms with Crippen molar-refractivity contribution in [1.82, 2.24) is 9.88 Å². The highest BCUT2D eigenvalue weighted by Crippen LogP contribution is 2.17. The third-order valence-electron chi connectivity index (χ3n) is 1.96. The van der Waals surface area contributed by atoms with Gasteiger partial charge in [0.2, 0.25) is 5.91 Å². The number of amides is 1. The number of hydrogen-bond acceptors (Lipinski definition) is 4. The first-order chi connectivity index (χ1) is 6.75. The van der Waals surface area contributed by atoms with Gasteiger partial charge < -0.3 is 9.64 Å². The molecule has 1 saturated heterocycles. The fourth-order valence-electron chi connectivity index (χ4n) is 1.27. The fraction of sp³-hybridized carbons (Fsp3) is 0.500. The summed E-state index contributed by atoms with van der Waals surface area (Å²) in [6, 6.07) is 0. The molecule has 2 heterocycles. The van der Waals surface area contributed by atoms with Gasteiger partial charge in [0.25, 0.3) is 0 Å². The van der Waals surface area contributed by atoms with Gasteiger partial charge in [-0.1, -0.05) is 0 Å². The van der Waals surface area contributed by atoms with Crippen LogP contribution in [0.25, 0.3) is 0 Å². The van der Waals surface area contributed by atoms with Gasteiger partial charge in [0, 0.05) is 11.9 Å². The molecule has 0 spiro atoms. The van der Waals surface area contributed by atoms with E-state index in [9.17, 15) is 4.79 Å². The van der Waals surface area contributed by atoms with E-state index in [1.807, 2.05) is 5.38 Å². The van der Waals surface area contributed by atoms with Crippen LogP contribution in [-0.4, -0.2) is 35.5 Å². The molecule has 0 saturated carbocycles. The van der Waals surface area contributed by atoms with Crippen molar-refractivity contribution in [3.63, 3.8) is 0 Å². The highest BCUT2D eigenvalue weighted by atomic mass is 79.9. The van der Waals surface area contributed by atoms with Crippen LogP contribution in [0.3, 0.4) is 0 Å². The number of aromatic nitrogens is 1. The average molecular weight is 277 g/mol. The van der Waals surface area contributed by atoms with E-state index in [0.29, 0.717) is 19.7 Å². The second kappa shape index (κ2) is 4.37. The van der Waals surface area contributed by atoms with Crippen molar-refractivity contribution in [3.8, 4) is 0 Å². The van der Waals surface area contributed by atoms with Crippen molar-refractivity contribution in [2.24, 2.45) is 0 Å². The lowest BCUT2D eigenvalue weighted by atomic mass is 10.3. The molecule has 1 aromatic heterocycles. The zero-order valence-electron chi connectivity index (χ0n) is 7.40.